The maximum absolute atomic E-state index is 12.6. The average molecular weight is 376 g/mol. The number of guanidine groups is 1. The molecule has 9 heteroatoms. The maximum Gasteiger partial charge on any atom is 0.246 e. The van der Waals surface area contributed by atoms with Gasteiger partial charge in [0.25, 0.3) is 0 Å². The van der Waals surface area contributed by atoms with Crippen LogP contribution in [0.25, 0.3) is 0 Å². The van der Waals surface area contributed by atoms with E-state index >= 15 is 0 Å². The van der Waals surface area contributed by atoms with E-state index in [4.69, 9.17) is 0 Å². The molecule has 0 saturated carbocycles. The lowest BCUT2D eigenvalue weighted by atomic mass is 10.3. The molecule has 1 aliphatic heterocycles. The Morgan fingerprint density at radius 2 is 2.23 bits per heavy atom. The van der Waals surface area contributed by atoms with Gasteiger partial charge < -0.3 is 15.1 Å². The highest BCUT2D eigenvalue weighted by atomic mass is 32.1. The third kappa shape index (κ3) is 4.40. The van der Waals surface area contributed by atoms with Gasteiger partial charge in [-0.25, -0.2) is 4.98 Å². The van der Waals surface area contributed by atoms with Crippen LogP contribution in [0.5, 0.6) is 0 Å². The van der Waals surface area contributed by atoms with E-state index in [9.17, 15) is 4.79 Å². The molecular formula is C17H25N7OS. The van der Waals surface area contributed by atoms with Gasteiger partial charge in [0.1, 0.15) is 6.54 Å². The van der Waals surface area contributed by atoms with Gasteiger partial charge in [-0.1, -0.05) is 0 Å². The molecular weight excluding hydrogens is 350 g/mol. The maximum atomic E-state index is 12.6. The number of carbonyl (C=O) groups excluding carboxylic acids is 1. The summed E-state index contributed by atoms with van der Waals surface area (Å²) in [4.78, 5) is 26.7. The lowest BCUT2D eigenvalue weighted by molar-refractivity contribution is -0.120. The first-order chi connectivity index (χ1) is 12.6. The van der Waals surface area contributed by atoms with Crippen molar-refractivity contribution >= 4 is 28.9 Å². The first kappa shape index (κ1) is 18.4. The van der Waals surface area contributed by atoms with Gasteiger partial charge >= 0.3 is 0 Å². The van der Waals surface area contributed by atoms with Crippen molar-refractivity contribution in [1.29, 1.82) is 0 Å². The van der Waals surface area contributed by atoms with Gasteiger partial charge in [0.05, 0.1) is 16.9 Å². The average Bonchev–Trinajstić information content (AvgIpc) is 3.22. The van der Waals surface area contributed by atoms with E-state index in [1.54, 1.807) is 27.1 Å². The first-order valence-corrected chi connectivity index (χ1v) is 9.62. The minimum Gasteiger partial charge on any atom is -0.357 e. The van der Waals surface area contributed by atoms with Gasteiger partial charge in [-0.3, -0.25) is 14.5 Å². The second kappa shape index (κ2) is 8.31. The molecule has 140 valence electrons. The number of thiazole rings is 1. The topological polar surface area (TPSA) is 78.7 Å². The summed E-state index contributed by atoms with van der Waals surface area (Å²) in [6.07, 6.45) is 6.30. The van der Waals surface area contributed by atoms with Crippen LogP contribution in [0.1, 0.15) is 16.8 Å². The van der Waals surface area contributed by atoms with E-state index in [-0.39, 0.29) is 5.91 Å². The summed E-state index contributed by atoms with van der Waals surface area (Å²) in [7, 11) is 1.85. The molecule has 1 amide bonds. The minimum absolute atomic E-state index is 0.0606. The van der Waals surface area contributed by atoms with Crippen LogP contribution < -0.4 is 10.2 Å². The van der Waals surface area contributed by atoms with Crippen molar-refractivity contribution < 1.29 is 4.79 Å². The van der Waals surface area contributed by atoms with E-state index in [0.29, 0.717) is 19.6 Å². The van der Waals surface area contributed by atoms with Crippen LogP contribution in [-0.2, 0) is 18.3 Å². The Bertz CT molecular complexity index is 782. The number of aliphatic imine (C=N–C) groups is 1. The second-order valence-electron chi connectivity index (χ2n) is 6.19. The van der Waals surface area contributed by atoms with Crippen LogP contribution in [0.2, 0.25) is 0 Å². The fourth-order valence-corrected chi connectivity index (χ4v) is 3.65. The predicted molar refractivity (Wildman–Crippen MR) is 104 cm³/mol. The fourth-order valence-electron chi connectivity index (χ4n) is 2.87. The minimum atomic E-state index is 0.0606. The number of hydrogen-bond donors (Lipinski definition) is 1. The van der Waals surface area contributed by atoms with Crippen molar-refractivity contribution in [2.75, 3.05) is 37.6 Å². The molecule has 0 aromatic carbocycles. The SMILES string of the molecule is CCNC(=NCCc1ncc(C)s1)N1CCN(c2cnn(C)c2)C(=O)C1. The zero-order chi connectivity index (χ0) is 18.5. The summed E-state index contributed by atoms with van der Waals surface area (Å²) in [5.41, 5.74) is 0.846. The number of aryl methyl sites for hydroxylation is 2. The van der Waals surface area contributed by atoms with Gasteiger partial charge in [-0.05, 0) is 13.8 Å². The summed E-state index contributed by atoms with van der Waals surface area (Å²) >= 11 is 1.71. The number of nitrogens with one attached hydrogen (secondary N) is 1. The van der Waals surface area contributed by atoms with E-state index in [2.05, 4.69) is 27.3 Å². The standard InChI is InChI=1S/C17H25N7OS/c1-4-18-17(19-6-5-15-20-9-13(2)26-15)23-7-8-24(16(25)12-23)14-10-21-22(3)11-14/h9-11H,4-8,12H2,1-3H3,(H,18,19). The van der Waals surface area contributed by atoms with Crippen molar-refractivity contribution in [2.45, 2.75) is 20.3 Å². The largest absolute Gasteiger partial charge is 0.357 e. The van der Waals surface area contributed by atoms with Gasteiger partial charge in [-0.15, -0.1) is 11.3 Å². The number of amides is 1. The molecule has 0 bridgehead atoms. The van der Waals surface area contributed by atoms with Gasteiger partial charge in [-0.2, -0.15) is 5.10 Å². The zero-order valence-electron chi connectivity index (χ0n) is 15.5. The number of aromatic nitrogens is 3. The highest BCUT2D eigenvalue weighted by molar-refractivity contribution is 7.11. The summed E-state index contributed by atoms with van der Waals surface area (Å²) in [5, 5.41) is 8.54. The Morgan fingerprint density at radius 3 is 2.85 bits per heavy atom. The van der Waals surface area contributed by atoms with E-state index in [1.807, 2.05) is 31.3 Å². The molecule has 2 aromatic rings. The van der Waals surface area contributed by atoms with Crippen molar-refractivity contribution in [3.63, 3.8) is 0 Å². The predicted octanol–water partition coefficient (Wildman–Crippen LogP) is 1.04. The summed E-state index contributed by atoms with van der Waals surface area (Å²) < 4.78 is 1.71. The molecule has 1 saturated heterocycles. The highest BCUT2D eigenvalue weighted by Gasteiger charge is 2.27. The quantitative estimate of drug-likeness (QED) is 0.624. The molecule has 0 atom stereocenters. The van der Waals surface area contributed by atoms with E-state index < -0.39 is 0 Å². The van der Waals surface area contributed by atoms with E-state index in [0.717, 1.165) is 36.2 Å². The van der Waals surface area contributed by atoms with Crippen LogP contribution in [-0.4, -0.2) is 64.3 Å². The van der Waals surface area contributed by atoms with Crippen LogP contribution in [0.3, 0.4) is 0 Å². The molecule has 0 radical (unpaired) electrons. The zero-order valence-corrected chi connectivity index (χ0v) is 16.3. The number of nitrogens with zero attached hydrogens (tertiary/aromatic N) is 6. The number of rotatable bonds is 5. The Kier molecular flexibility index (Phi) is 5.87. The second-order valence-corrected chi connectivity index (χ2v) is 7.51. The van der Waals surface area contributed by atoms with Crippen molar-refractivity contribution in [2.24, 2.45) is 12.0 Å². The van der Waals surface area contributed by atoms with Crippen LogP contribution in [0.15, 0.2) is 23.6 Å². The van der Waals surface area contributed by atoms with Gasteiger partial charge in [0.15, 0.2) is 5.96 Å². The number of carbonyl (C=O) groups is 1. The molecule has 1 aliphatic rings. The number of anilines is 1. The molecule has 3 rings (SSSR count). The molecule has 2 aromatic heterocycles. The molecule has 1 fully saturated rings. The van der Waals surface area contributed by atoms with Crippen LogP contribution in [0, 0.1) is 6.92 Å². The third-order valence-corrected chi connectivity index (χ3v) is 5.09. The Morgan fingerprint density at radius 1 is 1.38 bits per heavy atom. The Hall–Kier alpha value is -2.42. The molecule has 1 N–H and O–H groups in total. The Balaban J connectivity index is 1.61. The summed E-state index contributed by atoms with van der Waals surface area (Å²) in [6.45, 7) is 7.20. The molecule has 8 nitrogen and oxygen atoms in total. The highest BCUT2D eigenvalue weighted by Crippen LogP contribution is 2.16. The fraction of sp³-hybridized carbons (Fsp3) is 0.529. The molecule has 0 aliphatic carbocycles. The van der Waals surface area contributed by atoms with Crippen LogP contribution >= 0.6 is 11.3 Å². The molecule has 3 heterocycles. The van der Waals surface area contributed by atoms with Crippen LogP contribution in [0.4, 0.5) is 5.69 Å². The smallest absolute Gasteiger partial charge is 0.246 e. The molecule has 26 heavy (non-hydrogen) atoms. The summed E-state index contributed by atoms with van der Waals surface area (Å²) in [6, 6.07) is 0. The van der Waals surface area contributed by atoms with Crippen molar-refractivity contribution in [3.8, 4) is 0 Å². The van der Waals surface area contributed by atoms with Crippen molar-refractivity contribution in [1.82, 2.24) is 25.0 Å². The lowest BCUT2D eigenvalue weighted by Gasteiger charge is -2.35. The first-order valence-electron chi connectivity index (χ1n) is 8.80. The monoisotopic (exact) mass is 375 g/mol. The summed E-state index contributed by atoms with van der Waals surface area (Å²) in [5.74, 6) is 0.852. The normalized spacial score (nSPS) is 15.7. The third-order valence-electron chi connectivity index (χ3n) is 4.11. The number of hydrogen-bond acceptors (Lipinski definition) is 5. The van der Waals surface area contributed by atoms with E-state index in [1.165, 1.54) is 4.88 Å². The van der Waals surface area contributed by atoms with Gasteiger partial charge in [0, 0.05) is 56.9 Å². The van der Waals surface area contributed by atoms with Crippen molar-refractivity contribution in [3.05, 3.63) is 28.5 Å². The Labute approximate surface area is 157 Å². The number of piperazine rings is 1. The lowest BCUT2D eigenvalue weighted by Crippen LogP contribution is -2.55. The molecule has 0 spiro atoms. The van der Waals surface area contributed by atoms with Gasteiger partial charge in [0.2, 0.25) is 5.91 Å². The molecule has 0 unspecified atom stereocenters.